The Bertz CT molecular complexity index is 137. The molecule has 0 saturated carbocycles. The van der Waals surface area contributed by atoms with E-state index in [2.05, 4.69) is 56.3 Å². The minimum Gasteiger partial charge on any atom is -0.214 e. The molecule has 0 nitrogen and oxygen atoms in total. The highest BCUT2D eigenvalue weighted by molar-refractivity contribution is 9.31. The van der Waals surface area contributed by atoms with Gasteiger partial charge in [-0.2, -0.15) is 0 Å². The summed E-state index contributed by atoms with van der Waals surface area (Å²) in [6.45, 7) is 0. The van der Waals surface area contributed by atoms with Crippen LogP contribution in [0.1, 0.15) is 0 Å². The molecule has 0 saturated heterocycles. The maximum atomic E-state index is 2.51. The Morgan fingerprint density at radius 2 is 0.615 bits per heavy atom. The standard InChI is InChI=1S/C9H27PS3/c1-11(2,3)10(12(4,5)6)13(7,8)9/h1-9H3. The average Bonchev–Trinajstić information content (AvgIpc) is 1.44. The lowest BCUT2D eigenvalue weighted by molar-refractivity contribution is 2.14. The summed E-state index contributed by atoms with van der Waals surface area (Å²) in [5, 5.41) is 0. The van der Waals surface area contributed by atoms with Crippen molar-refractivity contribution < 1.29 is 0 Å². The summed E-state index contributed by atoms with van der Waals surface area (Å²) in [6, 6.07) is 0. The molecule has 0 aliphatic heterocycles. The lowest BCUT2D eigenvalue weighted by Crippen LogP contribution is -2.03. The van der Waals surface area contributed by atoms with Crippen LogP contribution in [0.5, 0.6) is 0 Å². The Balaban J connectivity index is 5.02. The van der Waals surface area contributed by atoms with Crippen LogP contribution in [0.4, 0.5) is 0 Å². The number of hydrogen-bond donors (Lipinski definition) is 0. The topological polar surface area (TPSA) is 0 Å². The van der Waals surface area contributed by atoms with Crippen molar-refractivity contribution in [2.24, 2.45) is 0 Å². The van der Waals surface area contributed by atoms with Crippen LogP contribution in [0, 0.1) is 0 Å². The second-order valence-corrected chi connectivity index (χ2v) is 31.8. The first-order chi connectivity index (χ1) is 5.37. The van der Waals surface area contributed by atoms with E-state index >= 15 is 0 Å². The monoisotopic (exact) mass is 262 g/mol. The Morgan fingerprint density at radius 3 is 0.615 bits per heavy atom. The van der Waals surface area contributed by atoms with E-state index in [4.69, 9.17) is 0 Å². The molecule has 0 rings (SSSR count). The van der Waals surface area contributed by atoms with Gasteiger partial charge in [0.15, 0.2) is 0 Å². The van der Waals surface area contributed by atoms with E-state index in [-0.39, 0.29) is 34.5 Å². The van der Waals surface area contributed by atoms with Crippen LogP contribution in [0.15, 0.2) is 0 Å². The Kier molecular flexibility index (Phi) is 4.63. The van der Waals surface area contributed by atoms with Crippen LogP contribution in [-0.2, 0) is 0 Å². The van der Waals surface area contributed by atoms with E-state index in [0.29, 0.717) is 0 Å². The predicted octanol–water partition coefficient (Wildman–Crippen LogP) is 4.30. The van der Waals surface area contributed by atoms with Crippen LogP contribution in [0.3, 0.4) is 0 Å². The molecule has 0 aromatic rings. The van der Waals surface area contributed by atoms with E-state index in [9.17, 15) is 0 Å². The molecule has 0 atom stereocenters. The molecular weight excluding hydrogens is 235 g/mol. The average molecular weight is 262 g/mol. The fraction of sp³-hybridized carbons (Fsp3) is 1.00. The van der Waals surface area contributed by atoms with Crippen LogP contribution in [-0.4, -0.2) is 56.3 Å². The quantitative estimate of drug-likeness (QED) is 0.665. The summed E-state index contributed by atoms with van der Waals surface area (Å²) in [6.07, 6.45) is 22.6. The van der Waals surface area contributed by atoms with Gasteiger partial charge < -0.3 is 0 Å². The van der Waals surface area contributed by atoms with Crippen molar-refractivity contribution in [2.45, 2.75) is 0 Å². The second kappa shape index (κ2) is 4.15. The molecule has 86 valence electrons. The predicted molar refractivity (Wildman–Crippen MR) is 83.0 cm³/mol. The van der Waals surface area contributed by atoms with Crippen molar-refractivity contribution in [1.82, 2.24) is 0 Å². The maximum absolute atomic E-state index is 2.51. The van der Waals surface area contributed by atoms with E-state index < -0.39 is 0 Å². The zero-order chi connectivity index (χ0) is 11.1. The highest BCUT2D eigenvalue weighted by Gasteiger charge is 2.35. The molecule has 0 bridgehead atoms. The highest BCUT2D eigenvalue weighted by Crippen LogP contribution is 3.00. The molecule has 0 fully saturated rings. The van der Waals surface area contributed by atoms with Crippen molar-refractivity contribution in [3.8, 4) is 0 Å². The first-order valence-electron chi connectivity index (χ1n) is 4.22. The third-order valence-corrected chi connectivity index (χ3v) is 36.2. The van der Waals surface area contributed by atoms with Crippen molar-refractivity contribution >= 4 is 34.5 Å². The van der Waals surface area contributed by atoms with Gasteiger partial charge in [0.05, 0.1) is 0 Å². The van der Waals surface area contributed by atoms with Crippen molar-refractivity contribution in [2.75, 3.05) is 56.3 Å². The summed E-state index contributed by atoms with van der Waals surface area (Å²) in [7, 11) is -1.02. The Morgan fingerprint density at radius 1 is 0.462 bits per heavy atom. The van der Waals surface area contributed by atoms with Crippen LogP contribution in [0.25, 0.3) is 0 Å². The fourth-order valence-corrected chi connectivity index (χ4v) is 54.3. The molecule has 0 aromatic carbocycles. The van der Waals surface area contributed by atoms with Gasteiger partial charge in [-0.05, 0) is 56.3 Å². The first kappa shape index (κ1) is 14.5. The molecule has 0 radical (unpaired) electrons. The summed E-state index contributed by atoms with van der Waals surface area (Å²) >= 11 is 0. The fourth-order valence-electron chi connectivity index (χ4n) is 2.01. The van der Waals surface area contributed by atoms with E-state index in [0.717, 1.165) is 0 Å². The van der Waals surface area contributed by atoms with Gasteiger partial charge in [-0.1, -0.05) is 0 Å². The van der Waals surface area contributed by atoms with Crippen molar-refractivity contribution in [3.63, 3.8) is 0 Å². The summed E-state index contributed by atoms with van der Waals surface area (Å²) < 4.78 is 0. The van der Waals surface area contributed by atoms with E-state index in [1.165, 1.54) is 0 Å². The molecule has 0 aliphatic rings. The Hall–Kier alpha value is 1.48. The van der Waals surface area contributed by atoms with Gasteiger partial charge >= 0.3 is 0 Å². The van der Waals surface area contributed by atoms with E-state index in [1.807, 2.05) is 0 Å². The minimum atomic E-state index is -0.341. The number of rotatable bonds is 3. The Labute approximate surface area is 90.6 Å². The molecule has 0 N–H and O–H groups in total. The van der Waals surface area contributed by atoms with Gasteiger partial charge in [0.1, 0.15) is 0 Å². The normalized spacial score (nSPS) is 18.9. The van der Waals surface area contributed by atoms with Gasteiger partial charge in [-0.15, -0.1) is 0 Å². The highest BCUT2D eigenvalue weighted by atomic mass is 33.4. The first-order valence-corrected chi connectivity index (χ1v) is 16.0. The van der Waals surface area contributed by atoms with Gasteiger partial charge in [0.25, 0.3) is 0 Å². The summed E-state index contributed by atoms with van der Waals surface area (Å²) in [4.78, 5) is 0. The largest absolute Gasteiger partial charge is 0.214 e. The molecule has 13 heavy (non-hydrogen) atoms. The van der Waals surface area contributed by atoms with Crippen LogP contribution in [0.2, 0.25) is 0 Å². The maximum Gasteiger partial charge on any atom is 0.0179 e. The van der Waals surface area contributed by atoms with Crippen molar-refractivity contribution in [3.05, 3.63) is 0 Å². The molecule has 0 aromatic heterocycles. The summed E-state index contributed by atoms with van der Waals surface area (Å²) in [5.41, 5.74) is 0.266. The van der Waals surface area contributed by atoms with Crippen LogP contribution >= 0.6 is 34.5 Å². The third-order valence-electron chi connectivity index (χ3n) is 1.34. The zero-order valence-electron chi connectivity index (χ0n) is 10.7. The molecule has 0 spiro atoms. The lowest BCUT2D eigenvalue weighted by atomic mass is 11.9. The van der Waals surface area contributed by atoms with Gasteiger partial charge in [0.2, 0.25) is 0 Å². The third kappa shape index (κ3) is 4.68. The van der Waals surface area contributed by atoms with Crippen LogP contribution < -0.4 is 0 Å². The van der Waals surface area contributed by atoms with Gasteiger partial charge in [0, 0.05) is 5.53 Å². The summed E-state index contributed by atoms with van der Waals surface area (Å²) in [5.74, 6) is 0. The lowest BCUT2D eigenvalue weighted by Gasteiger charge is -2.56. The molecule has 0 aliphatic carbocycles. The molecule has 0 unspecified atom stereocenters. The SMILES string of the molecule is CS(C)(C)P(S(C)(C)C)S(C)(C)C. The second-order valence-electron chi connectivity index (χ2n) is 5.54. The molecule has 0 amide bonds. The zero-order valence-corrected chi connectivity index (χ0v) is 14.0. The molecule has 0 heterocycles. The van der Waals surface area contributed by atoms with E-state index in [1.54, 1.807) is 0 Å². The minimum absolute atomic E-state index is 0.266. The van der Waals surface area contributed by atoms with Gasteiger partial charge in [-0.3, -0.25) is 0 Å². The smallest absolute Gasteiger partial charge is 0.0179 e. The molecule has 4 heteroatoms. The number of hydrogen-bond acceptors (Lipinski definition) is 0. The van der Waals surface area contributed by atoms with Crippen molar-refractivity contribution in [1.29, 1.82) is 0 Å². The molecular formula is C9H27PS3. The van der Waals surface area contributed by atoms with Gasteiger partial charge in [-0.25, -0.2) is 28.9 Å².